The summed E-state index contributed by atoms with van der Waals surface area (Å²) in [7, 11) is 0. The lowest BCUT2D eigenvalue weighted by Crippen LogP contribution is -2.43. The zero-order chi connectivity index (χ0) is 24.3. The maximum absolute atomic E-state index is 12.9. The van der Waals surface area contributed by atoms with Crippen molar-refractivity contribution in [1.29, 1.82) is 0 Å². The molecule has 172 valence electrons. The first-order chi connectivity index (χ1) is 15.4. The molecular formula is C23H22N2O8. The van der Waals surface area contributed by atoms with Crippen molar-refractivity contribution < 1.29 is 28.4 Å². The SMILES string of the molecule is C[C@H](NC(=O)OC(C)(C)C)C(=O)Oc1ccc2c(=O)c(-c3ccc([N+](=O)[O-])cc3)coc2c1. The molecule has 10 nitrogen and oxygen atoms in total. The van der Waals surface area contributed by atoms with E-state index in [0.29, 0.717) is 5.56 Å². The van der Waals surface area contributed by atoms with Crippen molar-refractivity contribution in [2.24, 2.45) is 0 Å². The van der Waals surface area contributed by atoms with Crippen LogP contribution in [0.2, 0.25) is 0 Å². The largest absolute Gasteiger partial charge is 0.463 e. The number of amides is 1. The highest BCUT2D eigenvalue weighted by Crippen LogP contribution is 2.25. The lowest BCUT2D eigenvalue weighted by molar-refractivity contribution is -0.384. The molecule has 0 spiro atoms. The molecule has 0 aliphatic heterocycles. The average molecular weight is 454 g/mol. The summed E-state index contributed by atoms with van der Waals surface area (Å²) in [5, 5.41) is 13.4. The van der Waals surface area contributed by atoms with Gasteiger partial charge < -0.3 is 19.2 Å². The molecule has 10 heteroatoms. The minimum atomic E-state index is -0.980. The maximum atomic E-state index is 12.9. The number of nitrogens with one attached hydrogen (secondary N) is 1. The number of hydrogen-bond donors (Lipinski definition) is 1. The molecule has 0 saturated heterocycles. The van der Waals surface area contributed by atoms with Crippen LogP contribution in [0, 0.1) is 10.1 Å². The van der Waals surface area contributed by atoms with Gasteiger partial charge in [-0.15, -0.1) is 0 Å². The predicted octanol–water partition coefficient (Wildman–Crippen LogP) is 4.19. The summed E-state index contributed by atoms with van der Waals surface area (Å²) >= 11 is 0. The number of esters is 1. The molecule has 3 aromatic rings. The zero-order valence-electron chi connectivity index (χ0n) is 18.4. The van der Waals surface area contributed by atoms with Gasteiger partial charge in [0, 0.05) is 18.2 Å². The summed E-state index contributed by atoms with van der Waals surface area (Å²) in [4.78, 5) is 47.3. The van der Waals surface area contributed by atoms with Gasteiger partial charge >= 0.3 is 12.1 Å². The fraction of sp³-hybridized carbons (Fsp3) is 0.261. The highest BCUT2D eigenvalue weighted by molar-refractivity contribution is 5.85. The Morgan fingerprint density at radius 3 is 2.39 bits per heavy atom. The topological polar surface area (TPSA) is 138 Å². The van der Waals surface area contributed by atoms with Gasteiger partial charge in [-0.25, -0.2) is 9.59 Å². The van der Waals surface area contributed by atoms with E-state index in [4.69, 9.17) is 13.9 Å². The lowest BCUT2D eigenvalue weighted by Gasteiger charge is -2.21. The van der Waals surface area contributed by atoms with Crippen molar-refractivity contribution in [2.75, 3.05) is 0 Å². The first-order valence-electron chi connectivity index (χ1n) is 9.96. The Balaban J connectivity index is 1.77. The molecule has 2 aromatic carbocycles. The third kappa shape index (κ3) is 5.73. The quantitative estimate of drug-likeness (QED) is 0.262. The highest BCUT2D eigenvalue weighted by atomic mass is 16.6. The molecule has 1 atom stereocenters. The van der Waals surface area contributed by atoms with E-state index >= 15 is 0 Å². The lowest BCUT2D eigenvalue weighted by atomic mass is 10.1. The molecule has 0 aliphatic rings. The van der Waals surface area contributed by atoms with E-state index in [2.05, 4.69) is 5.32 Å². The Morgan fingerprint density at radius 1 is 1.12 bits per heavy atom. The first kappa shape index (κ1) is 23.5. The minimum Gasteiger partial charge on any atom is -0.463 e. The third-order valence-electron chi connectivity index (χ3n) is 4.44. The fourth-order valence-corrected chi connectivity index (χ4v) is 2.88. The summed E-state index contributed by atoms with van der Waals surface area (Å²) < 4.78 is 15.9. The van der Waals surface area contributed by atoms with Gasteiger partial charge in [-0.1, -0.05) is 0 Å². The van der Waals surface area contributed by atoms with Crippen LogP contribution in [0.4, 0.5) is 10.5 Å². The van der Waals surface area contributed by atoms with Gasteiger partial charge in [-0.3, -0.25) is 14.9 Å². The number of nitro groups is 1. The Morgan fingerprint density at radius 2 is 1.79 bits per heavy atom. The van der Waals surface area contributed by atoms with Gasteiger partial charge in [0.15, 0.2) is 5.43 Å². The Bertz CT molecular complexity index is 1270. The van der Waals surface area contributed by atoms with Crippen molar-refractivity contribution in [2.45, 2.75) is 39.3 Å². The van der Waals surface area contributed by atoms with E-state index in [-0.39, 0.29) is 33.4 Å². The molecule has 0 saturated carbocycles. The van der Waals surface area contributed by atoms with E-state index in [0.717, 1.165) is 0 Å². The Labute approximate surface area is 188 Å². The molecule has 3 rings (SSSR count). The van der Waals surface area contributed by atoms with Crippen LogP contribution in [0.5, 0.6) is 5.75 Å². The van der Waals surface area contributed by atoms with E-state index in [1.807, 2.05) is 0 Å². The van der Waals surface area contributed by atoms with Crippen LogP contribution in [0.3, 0.4) is 0 Å². The standard InChI is InChI=1S/C23H22N2O8/c1-13(24-22(28)33-23(2,3)4)21(27)32-16-9-10-17-19(11-16)31-12-18(20(17)26)14-5-7-15(8-6-14)25(29)30/h5-13H,1-4H3,(H,24,28)/t13-/m0/s1. The van der Waals surface area contributed by atoms with Gasteiger partial charge in [0.2, 0.25) is 0 Å². The molecule has 0 fully saturated rings. The number of benzene rings is 2. The molecule has 0 bridgehead atoms. The number of rotatable bonds is 5. The van der Waals surface area contributed by atoms with E-state index in [1.54, 1.807) is 20.8 Å². The van der Waals surface area contributed by atoms with Gasteiger partial charge in [-0.05, 0) is 57.5 Å². The number of carbonyl (C=O) groups excluding carboxylic acids is 2. The van der Waals surface area contributed by atoms with Gasteiger partial charge in [0.1, 0.15) is 29.2 Å². The van der Waals surface area contributed by atoms with Gasteiger partial charge in [0.25, 0.3) is 5.69 Å². The number of fused-ring (bicyclic) bond motifs is 1. The summed E-state index contributed by atoms with van der Waals surface area (Å²) in [6, 6.07) is 8.81. The molecule has 0 aliphatic carbocycles. The fourth-order valence-electron chi connectivity index (χ4n) is 2.88. The van der Waals surface area contributed by atoms with Crippen LogP contribution in [0.1, 0.15) is 27.7 Å². The summed E-state index contributed by atoms with van der Waals surface area (Å²) in [5.74, 6) is -0.610. The second-order valence-electron chi connectivity index (χ2n) is 8.23. The first-order valence-corrected chi connectivity index (χ1v) is 9.96. The van der Waals surface area contributed by atoms with Crippen LogP contribution >= 0.6 is 0 Å². The van der Waals surface area contributed by atoms with Crippen molar-refractivity contribution in [3.05, 3.63) is 69.1 Å². The normalized spacial score (nSPS) is 12.1. The average Bonchev–Trinajstić information content (AvgIpc) is 2.72. The molecule has 0 unspecified atom stereocenters. The maximum Gasteiger partial charge on any atom is 0.408 e. The van der Waals surface area contributed by atoms with Crippen molar-refractivity contribution in [3.8, 4) is 16.9 Å². The number of nitro benzene ring substituents is 1. The highest BCUT2D eigenvalue weighted by Gasteiger charge is 2.22. The second kappa shape index (κ2) is 9.11. The number of hydrogen-bond acceptors (Lipinski definition) is 8. The Hall–Kier alpha value is -4.21. The van der Waals surface area contributed by atoms with Crippen LogP contribution in [0.25, 0.3) is 22.1 Å². The van der Waals surface area contributed by atoms with Crippen molar-refractivity contribution in [1.82, 2.24) is 5.32 Å². The molecule has 0 radical (unpaired) electrons. The smallest absolute Gasteiger partial charge is 0.408 e. The van der Waals surface area contributed by atoms with Crippen LogP contribution in [-0.4, -0.2) is 28.6 Å². The molecule has 1 N–H and O–H groups in total. The predicted molar refractivity (Wildman–Crippen MR) is 119 cm³/mol. The van der Waals surface area contributed by atoms with Crippen molar-refractivity contribution in [3.63, 3.8) is 0 Å². The molecule has 1 amide bonds. The Kier molecular flexibility index (Phi) is 6.47. The molecule has 1 heterocycles. The monoisotopic (exact) mass is 454 g/mol. The zero-order valence-corrected chi connectivity index (χ0v) is 18.4. The van der Waals surface area contributed by atoms with Crippen molar-refractivity contribution >= 4 is 28.7 Å². The van der Waals surface area contributed by atoms with Gasteiger partial charge in [0.05, 0.1) is 15.9 Å². The van der Waals surface area contributed by atoms with Gasteiger partial charge in [-0.2, -0.15) is 0 Å². The summed E-state index contributed by atoms with van der Waals surface area (Å²) in [6.07, 6.45) is 0.486. The van der Waals surface area contributed by atoms with E-state index in [9.17, 15) is 24.5 Å². The number of non-ortho nitro benzene ring substituents is 1. The third-order valence-corrected chi connectivity index (χ3v) is 4.44. The van der Waals surface area contributed by atoms with E-state index < -0.39 is 28.6 Å². The van der Waals surface area contributed by atoms with Crippen LogP contribution in [0.15, 0.2) is 57.9 Å². The number of carbonyl (C=O) groups is 2. The summed E-state index contributed by atoms with van der Waals surface area (Å²) in [5.41, 5.74) is -0.264. The molecule has 33 heavy (non-hydrogen) atoms. The summed E-state index contributed by atoms with van der Waals surface area (Å²) in [6.45, 7) is 6.55. The minimum absolute atomic E-state index is 0.0919. The molecule has 1 aromatic heterocycles. The van der Waals surface area contributed by atoms with E-state index in [1.165, 1.54) is 55.7 Å². The number of ether oxygens (including phenoxy) is 2. The number of nitrogens with zero attached hydrogens (tertiary/aromatic N) is 1. The second-order valence-corrected chi connectivity index (χ2v) is 8.23. The van der Waals surface area contributed by atoms with Crippen LogP contribution < -0.4 is 15.5 Å². The van der Waals surface area contributed by atoms with Crippen LogP contribution in [-0.2, 0) is 9.53 Å². The molecular weight excluding hydrogens is 432 g/mol. The number of alkyl carbamates (subject to hydrolysis) is 1.